The second kappa shape index (κ2) is 3.72. The molecule has 6 heteroatoms. The predicted molar refractivity (Wildman–Crippen MR) is 55.9 cm³/mol. The number of hydrogen-bond acceptors (Lipinski definition) is 4. The molecule has 2 heterocycles. The summed E-state index contributed by atoms with van der Waals surface area (Å²) in [5, 5.41) is 0. The van der Waals surface area contributed by atoms with Crippen LogP contribution < -0.4 is 0 Å². The number of nitrogens with zero attached hydrogens (tertiary/aromatic N) is 2. The molecule has 3 rings (SSSR count). The van der Waals surface area contributed by atoms with Gasteiger partial charge >= 0.3 is 6.09 Å². The van der Waals surface area contributed by atoms with Crippen molar-refractivity contribution in [2.24, 2.45) is 5.92 Å². The number of carbonyl (C=O) groups is 3. The van der Waals surface area contributed by atoms with E-state index in [9.17, 15) is 14.4 Å². The molecule has 1 atom stereocenters. The van der Waals surface area contributed by atoms with Crippen LogP contribution in [0, 0.1) is 5.92 Å². The molecule has 0 aromatic carbocycles. The first-order valence-corrected chi connectivity index (χ1v) is 5.94. The molecule has 17 heavy (non-hydrogen) atoms. The van der Waals surface area contributed by atoms with Crippen LogP contribution in [0.1, 0.15) is 19.3 Å². The third kappa shape index (κ3) is 1.77. The first-order chi connectivity index (χ1) is 8.16. The van der Waals surface area contributed by atoms with Gasteiger partial charge in [0.25, 0.3) is 5.91 Å². The van der Waals surface area contributed by atoms with E-state index in [0.29, 0.717) is 19.5 Å². The van der Waals surface area contributed by atoms with Crippen molar-refractivity contribution in [1.29, 1.82) is 0 Å². The summed E-state index contributed by atoms with van der Waals surface area (Å²) in [6.07, 6.45) is 2.05. The van der Waals surface area contributed by atoms with Crippen molar-refractivity contribution in [3.63, 3.8) is 0 Å². The monoisotopic (exact) mass is 238 g/mol. The summed E-state index contributed by atoms with van der Waals surface area (Å²) in [7, 11) is 0. The zero-order valence-electron chi connectivity index (χ0n) is 9.42. The van der Waals surface area contributed by atoms with E-state index in [2.05, 4.69) is 4.74 Å². The first kappa shape index (κ1) is 10.6. The summed E-state index contributed by atoms with van der Waals surface area (Å²) in [6, 6.07) is -0.194. The maximum Gasteiger partial charge on any atom is 0.417 e. The minimum atomic E-state index is -0.569. The molecule has 92 valence electrons. The average molecular weight is 238 g/mol. The van der Waals surface area contributed by atoms with Gasteiger partial charge in [-0.1, -0.05) is 0 Å². The number of hydrogen-bond donors (Lipinski definition) is 0. The molecule has 2 aliphatic heterocycles. The topological polar surface area (TPSA) is 66.9 Å². The van der Waals surface area contributed by atoms with Gasteiger partial charge in [-0.3, -0.25) is 9.59 Å². The van der Waals surface area contributed by atoms with Crippen LogP contribution in [0.3, 0.4) is 0 Å². The molecule has 1 saturated carbocycles. The molecular weight excluding hydrogens is 224 g/mol. The van der Waals surface area contributed by atoms with Gasteiger partial charge in [0, 0.05) is 19.0 Å². The van der Waals surface area contributed by atoms with Gasteiger partial charge in [0.05, 0.1) is 6.04 Å². The van der Waals surface area contributed by atoms with Crippen LogP contribution in [0.2, 0.25) is 0 Å². The van der Waals surface area contributed by atoms with Crippen molar-refractivity contribution in [1.82, 2.24) is 9.80 Å². The lowest BCUT2D eigenvalue weighted by molar-refractivity contribution is -0.132. The summed E-state index contributed by atoms with van der Waals surface area (Å²) in [5.74, 6) is 0.0724. The van der Waals surface area contributed by atoms with Gasteiger partial charge in [-0.15, -0.1) is 0 Å². The summed E-state index contributed by atoms with van der Waals surface area (Å²) in [5.41, 5.74) is 0. The third-order valence-corrected chi connectivity index (χ3v) is 3.55. The Kier molecular flexibility index (Phi) is 2.31. The summed E-state index contributed by atoms with van der Waals surface area (Å²) < 4.78 is 4.68. The van der Waals surface area contributed by atoms with E-state index in [4.69, 9.17) is 0 Å². The Morgan fingerprint density at radius 2 is 2.00 bits per heavy atom. The molecule has 0 radical (unpaired) electrons. The number of amides is 3. The summed E-state index contributed by atoms with van der Waals surface area (Å²) in [4.78, 5) is 37.6. The summed E-state index contributed by atoms with van der Waals surface area (Å²) in [6.45, 7) is 0.944. The number of carbonyl (C=O) groups excluding carboxylic acids is 3. The maximum absolute atomic E-state index is 11.8. The fourth-order valence-corrected chi connectivity index (χ4v) is 2.46. The molecule has 3 fully saturated rings. The van der Waals surface area contributed by atoms with Crippen molar-refractivity contribution < 1.29 is 19.1 Å². The molecule has 3 amide bonds. The molecule has 0 unspecified atom stereocenters. The SMILES string of the molecule is O=C(C1CC1)N1CC[C@H](N2C(=O)COC2=O)C1. The lowest BCUT2D eigenvalue weighted by atomic mass is 10.2. The Balaban J connectivity index is 1.65. The van der Waals surface area contributed by atoms with Crippen LogP contribution >= 0.6 is 0 Å². The maximum atomic E-state index is 11.8. The van der Waals surface area contributed by atoms with E-state index in [0.717, 1.165) is 12.8 Å². The number of ether oxygens (including phenoxy) is 1. The van der Waals surface area contributed by atoms with Crippen LogP contribution in [0.15, 0.2) is 0 Å². The van der Waals surface area contributed by atoms with Crippen LogP contribution in [0.25, 0.3) is 0 Å². The smallest absolute Gasteiger partial charge is 0.417 e. The predicted octanol–water partition coefficient (Wildman–Crippen LogP) is -0.0239. The molecule has 0 N–H and O–H groups in total. The number of likely N-dealkylation sites (tertiary alicyclic amines) is 1. The Labute approximate surface area is 98.5 Å². The Bertz CT molecular complexity index is 375. The second-order valence-corrected chi connectivity index (χ2v) is 4.82. The highest BCUT2D eigenvalue weighted by Crippen LogP contribution is 2.32. The van der Waals surface area contributed by atoms with Gasteiger partial charge in [0.2, 0.25) is 5.91 Å². The average Bonchev–Trinajstić information content (AvgIpc) is 2.96. The van der Waals surface area contributed by atoms with Crippen LogP contribution in [-0.2, 0) is 14.3 Å². The number of rotatable bonds is 2. The Morgan fingerprint density at radius 3 is 2.59 bits per heavy atom. The van der Waals surface area contributed by atoms with Crippen molar-refractivity contribution in [2.75, 3.05) is 19.7 Å². The summed E-state index contributed by atoms with van der Waals surface area (Å²) >= 11 is 0. The quantitative estimate of drug-likeness (QED) is 0.678. The normalized spacial score (nSPS) is 28.8. The Morgan fingerprint density at radius 1 is 1.24 bits per heavy atom. The van der Waals surface area contributed by atoms with Gasteiger partial charge in [-0.25, -0.2) is 9.69 Å². The molecule has 2 saturated heterocycles. The molecule has 0 aromatic heterocycles. The van der Waals surface area contributed by atoms with E-state index in [1.165, 1.54) is 4.90 Å². The van der Waals surface area contributed by atoms with Crippen molar-refractivity contribution >= 4 is 17.9 Å². The van der Waals surface area contributed by atoms with E-state index in [-0.39, 0.29) is 30.4 Å². The fourth-order valence-electron chi connectivity index (χ4n) is 2.46. The number of imide groups is 1. The highest BCUT2D eigenvalue weighted by atomic mass is 16.6. The van der Waals surface area contributed by atoms with E-state index in [1.54, 1.807) is 4.90 Å². The van der Waals surface area contributed by atoms with Gasteiger partial charge in [-0.2, -0.15) is 0 Å². The lowest BCUT2D eigenvalue weighted by Gasteiger charge is -2.20. The van der Waals surface area contributed by atoms with E-state index in [1.807, 2.05) is 0 Å². The minimum Gasteiger partial charge on any atom is -0.439 e. The molecule has 0 spiro atoms. The van der Waals surface area contributed by atoms with Crippen LogP contribution in [-0.4, -0.2) is 53.4 Å². The standard InChI is InChI=1S/C11H14N2O4/c14-9-6-17-11(16)13(9)8-3-4-12(5-8)10(15)7-1-2-7/h7-8H,1-6H2/t8-/m0/s1. The van der Waals surface area contributed by atoms with Crippen LogP contribution in [0.5, 0.6) is 0 Å². The molecule has 6 nitrogen and oxygen atoms in total. The second-order valence-electron chi connectivity index (χ2n) is 4.82. The fraction of sp³-hybridized carbons (Fsp3) is 0.727. The largest absolute Gasteiger partial charge is 0.439 e. The highest BCUT2D eigenvalue weighted by Gasteiger charge is 2.43. The molecule has 1 aliphatic carbocycles. The molecule has 0 bridgehead atoms. The first-order valence-electron chi connectivity index (χ1n) is 5.94. The van der Waals surface area contributed by atoms with Crippen LogP contribution in [0.4, 0.5) is 4.79 Å². The van der Waals surface area contributed by atoms with Gasteiger partial charge in [-0.05, 0) is 19.3 Å². The zero-order chi connectivity index (χ0) is 12.0. The molecule has 3 aliphatic rings. The highest BCUT2D eigenvalue weighted by molar-refractivity contribution is 5.98. The van der Waals surface area contributed by atoms with Gasteiger partial charge in [0.15, 0.2) is 6.61 Å². The van der Waals surface area contributed by atoms with E-state index < -0.39 is 6.09 Å². The third-order valence-electron chi connectivity index (χ3n) is 3.55. The molecular formula is C11H14N2O4. The minimum absolute atomic E-state index is 0.161. The van der Waals surface area contributed by atoms with Gasteiger partial charge in [0.1, 0.15) is 0 Å². The van der Waals surface area contributed by atoms with Gasteiger partial charge < -0.3 is 9.64 Å². The van der Waals surface area contributed by atoms with Crippen molar-refractivity contribution in [3.8, 4) is 0 Å². The zero-order valence-corrected chi connectivity index (χ0v) is 9.42. The van der Waals surface area contributed by atoms with Crippen molar-refractivity contribution in [2.45, 2.75) is 25.3 Å². The molecule has 0 aromatic rings. The van der Waals surface area contributed by atoms with Crippen molar-refractivity contribution in [3.05, 3.63) is 0 Å². The number of cyclic esters (lactones) is 1. The Hall–Kier alpha value is -1.59. The van der Waals surface area contributed by atoms with E-state index >= 15 is 0 Å². The lowest BCUT2D eigenvalue weighted by Crippen LogP contribution is -2.42.